The lowest BCUT2D eigenvalue weighted by Crippen LogP contribution is -2.05. The molecular weight excluding hydrogens is 310 g/mol. The molecule has 8 heteroatoms. The predicted molar refractivity (Wildman–Crippen MR) is 87.7 cm³/mol. The van der Waals surface area contributed by atoms with Gasteiger partial charge in [0, 0.05) is 6.42 Å². The van der Waals surface area contributed by atoms with Crippen molar-refractivity contribution in [2.24, 2.45) is 0 Å². The average molecular weight is 327 g/mol. The number of nitrogen functional groups attached to an aromatic ring is 1. The van der Waals surface area contributed by atoms with Crippen molar-refractivity contribution in [1.29, 1.82) is 0 Å². The smallest absolute Gasteiger partial charge is 0.307 e. The van der Waals surface area contributed by atoms with Crippen LogP contribution in [-0.2, 0) is 24.2 Å². The molecule has 24 heavy (non-hydrogen) atoms. The Balaban J connectivity index is 1.96. The molecule has 0 saturated carbocycles. The summed E-state index contributed by atoms with van der Waals surface area (Å²) in [6.45, 7) is 2.26. The van der Waals surface area contributed by atoms with Crippen LogP contribution in [0, 0.1) is 0 Å². The molecule has 0 unspecified atom stereocenters. The van der Waals surface area contributed by atoms with Gasteiger partial charge in [-0.2, -0.15) is 4.98 Å². The fourth-order valence-electron chi connectivity index (χ4n) is 2.48. The molecule has 0 fully saturated rings. The highest BCUT2D eigenvalue weighted by Gasteiger charge is 2.16. The van der Waals surface area contributed by atoms with E-state index in [9.17, 15) is 9.90 Å². The number of carbonyl (C=O) groups is 1. The first kappa shape index (κ1) is 15.7. The lowest BCUT2D eigenvalue weighted by molar-refractivity contribution is -0.136. The molecular formula is C16H17N5O3. The highest BCUT2D eigenvalue weighted by atomic mass is 16.4. The maximum absolute atomic E-state index is 10.7. The molecule has 0 spiro atoms. The average Bonchev–Trinajstić information content (AvgIpc) is 2.85. The van der Waals surface area contributed by atoms with Crippen molar-refractivity contribution in [3.05, 3.63) is 41.2 Å². The van der Waals surface area contributed by atoms with Crippen LogP contribution in [0.25, 0.3) is 11.2 Å². The third kappa shape index (κ3) is 2.98. The maximum atomic E-state index is 10.7. The molecule has 0 amide bonds. The van der Waals surface area contributed by atoms with Crippen molar-refractivity contribution in [2.45, 2.75) is 26.3 Å². The molecule has 2 heterocycles. The topological polar surface area (TPSA) is 127 Å². The maximum Gasteiger partial charge on any atom is 0.307 e. The molecule has 0 atom stereocenters. The number of hydrogen-bond acceptors (Lipinski definition) is 6. The standard InChI is InChI=1S/C16H17N5O3/c1-2-11-18-14(17)13-15(19-11)21(16(24)20-13)8-10-5-3-9(4-6-10)7-12(22)23/h3-6H,2,7-8H2,1H3,(H,20,24)(H,22,23)(H2,17,18,19). The lowest BCUT2D eigenvalue weighted by Gasteiger charge is -2.07. The molecule has 0 aliphatic heterocycles. The number of hydrogen-bond donors (Lipinski definition) is 3. The number of benzene rings is 1. The van der Waals surface area contributed by atoms with Crippen LogP contribution in [0.5, 0.6) is 6.01 Å². The quantitative estimate of drug-likeness (QED) is 0.645. The van der Waals surface area contributed by atoms with E-state index in [1.807, 2.05) is 19.1 Å². The van der Waals surface area contributed by atoms with E-state index in [0.717, 1.165) is 5.56 Å². The molecule has 3 rings (SSSR count). The molecule has 3 aromatic rings. The van der Waals surface area contributed by atoms with Crippen molar-refractivity contribution in [3.8, 4) is 6.01 Å². The van der Waals surface area contributed by atoms with Gasteiger partial charge in [-0.15, -0.1) is 0 Å². The molecule has 1 aromatic carbocycles. The molecule has 0 radical (unpaired) electrons. The zero-order chi connectivity index (χ0) is 17.3. The number of aliphatic carboxylic acids is 1. The van der Waals surface area contributed by atoms with Crippen LogP contribution in [0.2, 0.25) is 0 Å². The van der Waals surface area contributed by atoms with E-state index < -0.39 is 5.97 Å². The van der Waals surface area contributed by atoms with Gasteiger partial charge in [-0.25, -0.2) is 9.97 Å². The second-order valence-corrected chi connectivity index (χ2v) is 5.44. The number of aromatic nitrogens is 4. The van der Waals surface area contributed by atoms with E-state index in [1.165, 1.54) is 0 Å². The summed E-state index contributed by atoms with van der Waals surface area (Å²) in [5, 5.41) is 18.9. The van der Waals surface area contributed by atoms with Crippen molar-refractivity contribution in [3.63, 3.8) is 0 Å². The van der Waals surface area contributed by atoms with Gasteiger partial charge in [0.1, 0.15) is 5.82 Å². The Kier molecular flexibility index (Phi) is 4.03. The minimum atomic E-state index is -0.875. The summed E-state index contributed by atoms with van der Waals surface area (Å²) in [7, 11) is 0. The van der Waals surface area contributed by atoms with E-state index in [4.69, 9.17) is 10.8 Å². The SMILES string of the molecule is CCc1nc(N)c2nc(O)n(Cc3ccc(CC(=O)O)cc3)c2n1. The second-order valence-electron chi connectivity index (χ2n) is 5.44. The zero-order valence-corrected chi connectivity index (χ0v) is 13.1. The number of anilines is 1. The Morgan fingerprint density at radius 2 is 1.83 bits per heavy atom. The normalized spacial score (nSPS) is 11.0. The number of imidazole rings is 1. The lowest BCUT2D eigenvalue weighted by atomic mass is 10.1. The molecule has 0 saturated heterocycles. The Morgan fingerprint density at radius 1 is 1.17 bits per heavy atom. The van der Waals surface area contributed by atoms with Gasteiger partial charge in [0.05, 0.1) is 13.0 Å². The number of fused-ring (bicyclic) bond motifs is 1. The third-order valence-electron chi connectivity index (χ3n) is 3.68. The highest BCUT2D eigenvalue weighted by Crippen LogP contribution is 2.24. The Hall–Kier alpha value is -3.16. The predicted octanol–water partition coefficient (Wildman–Crippen LogP) is 1.35. The van der Waals surface area contributed by atoms with Crippen LogP contribution in [0.4, 0.5) is 5.82 Å². The minimum absolute atomic E-state index is 0.0246. The van der Waals surface area contributed by atoms with Gasteiger partial charge < -0.3 is 15.9 Å². The first-order valence-corrected chi connectivity index (χ1v) is 7.49. The van der Waals surface area contributed by atoms with Crippen molar-refractivity contribution >= 4 is 23.0 Å². The van der Waals surface area contributed by atoms with Gasteiger partial charge in [-0.05, 0) is 11.1 Å². The third-order valence-corrected chi connectivity index (χ3v) is 3.68. The van der Waals surface area contributed by atoms with E-state index in [0.29, 0.717) is 35.5 Å². The van der Waals surface area contributed by atoms with E-state index in [1.54, 1.807) is 16.7 Å². The fourth-order valence-corrected chi connectivity index (χ4v) is 2.48. The molecule has 2 aromatic heterocycles. The Labute approximate surface area is 137 Å². The summed E-state index contributed by atoms with van der Waals surface area (Å²) in [5.41, 5.74) is 8.32. The summed E-state index contributed by atoms with van der Waals surface area (Å²) < 4.78 is 1.55. The van der Waals surface area contributed by atoms with Crippen LogP contribution in [0.1, 0.15) is 23.9 Å². The van der Waals surface area contributed by atoms with Crippen molar-refractivity contribution < 1.29 is 15.0 Å². The van der Waals surface area contributed by atoms with Crippen LogP contribution < -0.4 is 5.73 Å². The Bertz CT molecular complexity index is 902. The summed E-state index contributed by atoms with van der Waals surface area (Å²) in [5.74, 6) is -0.0547. The molecule has 4 N–H and O–H groups in total. The number of carboxylic acid groups (broad SMARTS) is 1. The largest absolute Gasteiger partial charge is 0.481 e. The summed E-state index contributed by atoms with van der Waals surface area (Å²) in [6.07, 6.45) is 0.596. The van der Waals surface area contributed by atoms with Gasteiger partial charge in [-0.3, -0.25) is 9.36 Å². The van der Waals surface area contributed by atoms with E-state index >= 15 is 0 Å². The van der Waals surface area contributed by atoms with Gasteiger partial charge in [-0.1, -0.05) is 31.2 Å². The molecule has 0 aliphatic rings. The van der Waals surface area contributed by atoms with Crippen molar-refractivity contribution in [2.75, 3.05) is 5.73 Å². The number of aryl methyl sites for hydroxylation is 1. The van der Waals surface area contributed by atoms with Crippen LogP contribution in [0.3, 0.4) is 0 Å². The summed E-state index contributed by atoms with van der Waals surface area (Å²) in [4.78, 5) is 23.3. The van der Waals surface area contributed by atoms with Gasteiger partial charge in [0.2, 0.25) is 0 Å². The van der Waals surface area contributed by atoms with E-state index in [-0.39, 0.29) is 18.2 Å². The van der Waals surface area contributed by atoms with Crippen LogP contribution in [0.15, 0.2) is 24.3 Å². The number of rotatable bonds is 5. The minimum Gasteiger partial charge on any atom is -0.481 e. The zero-order valence-electron chi connectivity index (χ0n) is 13.1. The number of nitrogens with zero attached hydrogens (tertiary/aromatic N) is 4. The van der Waals surface area contributed by atoms with Crippen LogP contribution in [-0.4, -0.2) is 35.7 Å². The molecule has 0 bridgehead atoms. The number of carboxylic acids is 1. The molecule has 124 valence electrons. The van der Waals surface area contributed by atoms with Crippen molar-refractivity contribution in [1.82, 2.24) is 19.5 Å². The first-order valence-electron chi connectivity index (χ1n) is 7.49. The fraction of sp³-hybridized carbons (Fsp3) is 0.250. The monoisotopic (exact) mass is 327 g/mol. The van der Waals surface area contributed by atoms with Gasteiger partial charge in [0.15, 0.2) is 17.0 Å². The van der Waals surface area contributed by atoms with Gasteiger partial charge >= 0.3 is 5.97 Å². The summed E-state index contributed by atoms with van der Waals surface area (Å²) in [6, 6.07) is 6.94. The number of nitrogens with two attached hydrogens (primary N) is 1. The highest BCUT2D eigenvalue weighted by molar-refractivity contribution is 5.82. The Morgan fingerprint density at radius 3 is 2.46 bits per heavy atom. The first-order chi connectivity index (χ1) is 11.5. The van der Waals surface area contributed by atoms with Crippen LogP contribution >= 0.6 is 0 Å². The molecule has 8 nitrogen and oxygen atoms in total. The summed E-state index contributed by atoms with van der Waals surface area (Å²) >= 11 is 0. The second kappa shape index (κ2) is 6.15. The number of aromatic hydroxyl groups is 1. The molecule has 0 aliphatic carbocycles. The van der Waals surface area contributed by atoms with E-state index in [2.05, 4.69) is 15.0 Å². The van der Waals surface area contributed by atoms with Gasteiger partial charge in [0.25, 0.3) is 6.01 Å².